The Morgan fingerprint density at radius 3 is 2.71 bits per heavy atom. The van der Waals surface area contributed by atoms with Crippen LogP contribution in [0.1, 0.15) is 38.7 Å². The fourth-order valence-corrected chi connectivity index (χ4v) is 4.32. The van der Waals surface area contributed by atoms with Crippen molar-refractivity contribution in [3.63, 3.8) is 0 Å². The molecule has 0 bridgehead atoms. The van der Waals surface area contributed by atoms with Gasteiger partial charge in [-0.05, 0) is 43.0 Å². The molecule has 0 fully saturated rings. The first-order chi connectivity index (χ1) is 14.9. The predicted molar refractivity (Wildman–Crippen MR) is 121 cm³/mol. The Labute approximate surface area is 183 Å². The zero-order valence-corrected chi connectivity index (χ0v) is 18.8. The lowest BCUT2D eigenvalue weighted by Crippen LogP contribution is -2.40. The van der Waals surface area contributed by atoms with Gasteiger partial charge in [-0.2, -0.15) is 0 Å². The van der Waals surface area contributed by atoms with Crippen LogP contribution in [-0.2, 0) is 25.5 Å². The van der Waals surface area contributed by atoms with Gasteiger partial charge in [-0.25, -0.2) is 0 Å². The van der Waals surface area contributed by atoms with Crippen molar-refractivity contribution in [2.75, 3.05) is 20.8 Å². The van der Waals surface area contributed by atoms with Crippen LogP contribution in [-0.4, -0.2) is 37.6 Å². The van der Waals surface area contributed by atoms with Crippen LogP contribution in [0.25, 0.3) is 10.9 Å². The minimum absolute atomic E-state index is 0.0614. The Hall–Kier alpha value is -3.02. The molecule has 31 heavy (non-hydrogen) atoms. The molecule has 1 amide bonds. The van der Waals surface area contributed by atoms with Crippen molar-refractivity contribution in [1.29, 1.82) is 0 Å². The van der Waals surface area contributed by atoms with Crippen LogP contribution < -0.4 is 5.32 Å². The van der Waals surface area contributed by atoms with Crippen LogP contribution in [0.4, 0.5) is 0 Å². The lowest BCUT2D eigenvalue weighted by molar-refractivity contribution is -0.152. The van der Waals surface area contributed by atoms with E-state index < -0.39 is 5.41 Å². The average Bonchev–Trinajstić information content (AvgIpc) is 3.18. The highest BCUT2D eigenvalue weighted by Gasteiger charge is 2.46. The van der Waals surface area contributed by atoms with Gasteiger partial charge in [0.1, 0.15) is 5.76 Å². The van der Waals surface area contributed by atoms with Gasteiger partial charge in [0.15, 0.2) is 0 Å². The Balaban J connectivity index is 1.91. The Kier molecular flexibility index (Phi) is 7.21. The van der Waals surface area contributed by atoms with Crippen LogP contribution >= 0.6 is 0 Å². The van der Waals surface area contributed by atoms with Gasteiger partial charge in [-0.15, -0.1) is 0 Å². The summed E-state index contributed by atoms with van der Waals surface area (Å²) < 4.78 is 10.9. The lowest BCUT2D eigenvalue weighted by atomic mass is 9.68. The second-order valence-corrected chi connectivity index (χ2v) is 8.24. The van der Waals surface area contributed by atoms with Crippen LogP contribution in [0.15, 0.2) is 53.9 Å². The number of amides is 1. The third-order valence-electron chi connectivity index (χ3n) is 6.06. The van der Waals surface area contributed by atoms with Crippen molar-refractivity contribution in [2.24, 2.45) is 11.3 Å². The molecule has 0 aliphatic heterocycles. The van der Waals surface area contributed by atoms with E-state index in [2.05, 4.69) is 23.3 Å². The number of rotatable bonds is 9. The zero-order chi connectivity index (χ0) is 22.4. The number of hydrogen-bond acceptors (Lipinski definition) is 4. The first-order valence-electron chi connectivity index (χ1n) is 10.8. The Morgan fingerprint density at radius 2 is 2.00 bits per heavy atom. The zero-order valence-electron chi connectivity index (χ0n) is 18.8. The van der Waals surface area contributed by atoms with Gasteiger partial charge in [0, 0.05) is 29.6 Å². The van der Waals surface area contributed by atoms with Gasteiger partial charge in [0.25, 0.3) is 0 Å². The molecule has 2 unspecified atom stereocenters. The molecule has 2 aromatic rings. The largest absolute Gasteiger partial charge is 0.501 e. The number of unbranched alkanes of at least 4 members (excludes halogenated alkanes) is 1. The monoisotopic (exact) mass is 424 g/mol. The maximum atomic E-state index is 12.9. The molecule has 2 N–H and O–H groups in total. The van der Waals surface area contributed by atoms with Gasteiger partial charge < -0.3 is 19.8 Å². The normalized spacial score (nSPS) is 20.7. The van der Waals surface area contributed by atoms with Crippen LogP contribution in [0.5, 0.6) is 0 Å². The number of benzene rings is 1. The summed E-state index contributed by atoms with van der Waals surface area (Å²) in [6.45, 7) is 4.60. The van der Waals surface area contributed by atoms with Crippen LogP contribution in [0.3, 0.4) is 0 Å². The number of ether oxygens (including phenoxy) is 2. The van der Waals surface area contributed by atoms with Gasteiger partial charge in [0.05, 0.1) is 26.1 Å². The number of esters is 1. The summed E-state index contributed by atoms with van der Waals surface area (Å²) in [7, 11) is 3.00. The van der Waals surface area contributed by atoms with Gasteiger partial charge in [0.2, 0.25) is 5.91 Å². The molecule has 0 saturated heterocycles. The van der Waals surface area contributed by atoms with Crippen molar-refractivity contribution in [2.45, 2.75) is 39.5 Å². The summed E-state index contributed by atoms with van der Waals surface area (Å²) in [6, 6.07) is 8.09. The van der Waals surface area contributed by atoms with E-state index >= 15 is 0 Å². The maximum Gasteiger partial charge on any atom is 0.316 e. The average molecular weight is 425 g/mol. The molecule has 166 valence electrons. The number of para-hydroxylation sites is 1. The molecular weight excluding hydrogens is 392 g/mol. The standard InChI is InChI=1S/C25H32N2O4/c1-5-6-11-26-23(28)13-17-12-22(30-3)20(25(2,15-17)24(29)31-4)14-18-16-27-21-10-8-7-9-19(18)21/h7-10,12,15-16,20,27H,5-6,11,13-14H2,1-4H3,(H,26,28). The minimum Gasteiger partial charge on any atom is -0.501 e. The van der Waals surface area contributed by atoms with Crippen molar-refractivity contribution in [3.05, 3.63) is 59.5 Å². The molecule has 1 heterocycles. The second-order valence-electron chi connectivity index (χ2n) is 8.24. The SMILES string of the molecule is CCCCNC(=O)CC1=CC(C)(C(=O)OC)C(Cc2c[nH]c3ccccc23)C(OC)=C1. The Morgan fingerprint density at radius 1 is 1.23 bits per heavy atom. The predicted octanol–water partition coefficient (Wildman–Crippen LogP) is 4.28. The maximum absolute atomic E-state index is 12.9. The molecule has 6 heteroatoms. The lowest BCUT2D eigenvalue weighted by Gasteiger charge is -2.37. The van der Waals surface area contributed by atoms with E-state index in [-0.39, 0.29) is 24.2 Å². The number of carbonyl (C=O) groups excluding carboxylic acids is 2. The number of hydrogen-bond donors (Lipinski definition) is 2. The van der Waals surface area contributed by atoms with E-state index in [9.17, 15) is 9.59 Å². The van der Waals surface area contributed by atoms with Gasteiger partial charge in [-0.3, -0.25) is 9.59 Å². The molecular formula is C25H32N2O4. The highest BCUT2D eigenvalue weighted by molar-refractivity contribution is 5.85. The summed E-state index contributed by atoms with van der Waals surface area (Å²) in [5.41, 5.74) is 1.96. The molecule has 2 atom stereocenters. The van der Waals surface area contributed by atoms with Crippen LogP contribution in [0, 0.1) is 11.3 Å². The number of aromatic nitrogens is 1. The third kappa shape index (κ3) is 4.84. The number of H-pyrrole nitrogens is 1. The highest BCUT2D eigenvalue weighted by Crippen LogP contribution is 2.44. The number of nitrogens with one attached hydrogen (secondary N) is 2. The topological polar surface area (TPSA) is 80.4 Å². The molecule has 0 radical (unpaired) electrons. The van der Waals surface area contributed by atoms with E-state index in [1.165, 1.54) is 7.11 Å². The molecule has 1 aromatic carbocycles. The van der Waals surface area contributed by atoms with E-state index in [4.69, 9.17) is 9.47 Å². The minimum atomic E-state index is -0.952. The molecule has 1 aliphatic carbocycles. The first kappa shape index (κ1) is 22.7. The van der Waals surface area contributed by atoms with E-state index in [0.29, 0.717) is 18.7 Å². The molecule has 3 rings (SSSR count). The number of fused-ring (bicyclic) bond motifs is 1. The molecule has 6 nitrogen and oxygen atoms in total. The Bertz CT molecular complexity index is 1000. The number of aromatic amines is 1. The van der Waals surface area contributed by atoms with E-state index in [1.54, 1.807) is 7.11 Å². The molecule has 1 aliphatic rings. The summed E-state index contributed by atoms with van der Waals surface area (Å²) >= 11 is 0. The summed E-state index contributed by atoms with van der Waals surface area (Å²) in [4.78, 5) is 28.6. The second kappa shape index (κ2) is 9.86. The van der Waals surface area contributed by atoms with E-state index in [1.807, 2.05) is 43.5 Å². The summed E-state index contributed by atoms with van der Waals surface area (Å²) in [5.74, 6) is 0.0191. The van der Waals surface area contributed by atoms with Crippen molar-refractivity contribution < 1.29 is 19.1 Å². The fourth-order valence-electron chi connectivity index (χ4n) is 4.32. The molecule has 0 saturated carbocycles. The molecule has 0 spiro atoms. The van der Waals surface area contributed by atoms with Gasteiger partial charge >= 0.3 is 5.97 Å². The third-order valence-corrected chi connectivity index (χ3v) is 6.06. The van der Waals surface area contributed by atoms with Crippen molar-refractivity contribution >= 4 is 22.8 Å². The highest BCUT2D eigenvalue weighted by atomic mass is 16.5. The van der Waals surface area contributed by atoms with Crippen LogP contribution in [0.2, 0.25) is 0 Å². The quantitative estimate of drug-likeness (QED) is 0.465. The van der Waals surface area contributed by atoms with Crippen molar-refractivity contribution in [3.8, 4) is 0 Å². The van der Waals surface area contributed by atoms with Gasteiger partial charge in [-0.1, -0.05) is 37.6 Å². The molecule has 1 aromatic heterocycles. The van der Waals surface area contributed by atoms with Crippen molar-refractivity contribution in [1.82, 2.24) is 10.3 Å². The van der Waals surface area contributed by atoms with E-state index in [0.717, 1.165) is 34.9 Å². The summed E-state index contributed by atoms with van der Waals surface area (Å²) in [5, 5.41) is 4.05. The summed E-state index contributed by atoms with van der Waals surface area (Å²) in [6.07, 6.45) is 8.51. The number of allylic oxidation sites excluding steroid dienone is 2. The fraction of sp³-hybridized carbons (Fsp3) is 0.440. The number of carbonyl (C=O) groups is 2. The first-order valence-corrected chi connectivity index (χ1v) is 10.8. The smallest absolute Gasteiger partial charge is 0.316 e. The number of methoxy groups -OCH3 is 2.